The Balaban J connectivity index is 1.67. The fourth-order valence-electron chi connectivity index (χ4n) is 3.95. The van der Waals surface area contributed by atoms with E-state index < -0.39 is 0 Å². The molecule has 1 aliphatic rings. The van der Waals surface area contributed by atoms with Crippen LogP contribution in [0, 0.1) is 5.82 Å². The van der Waals surface area contributed by atoms with Crippen LogP contribution in [0.15, 0.2) is 47.1 Å². The van der Waals surface area contributed by atoms with Gasteiger partial charge in [-0.2, -0.15) is 0 Å². The van der Waals surface area contributed by atoms with E-state index in [1.165, 1.54) is 25.0 Å². The van der Waals surface area contributed by atoms with Crippen molar-refractivity contribution >= 4 is 5.91 Å². The van der Waals surface area contributed by atoms with Gasteiger partial charge in [-0.1, -0.05) is 12.8 Å². The zero-order valence-electron chi connectivity index (χ0n) is 17.4. The van der Waals surface area contributed by atoms with Gasteiger partial charge in [0.2, 0.25) is 0 Å². The molecule has 2 heterocycles. The molecule has 2 aromatic heterocycles. The Labute approximate surface area is 175 Å². The van der Waals surface area contributed by atoms with Crippen LogP contribution in [-0.2, 0) is 0 Å². The second-order valence-corrected chi connectivity index (χ2v) is 8.02. The van der Waals surface area contributed by atoms with E-state index in [0.717, 1.165) is 36.3 Å². The van der Waals surface area contributed by atoms with Crippen LogP contribution in [0.4, 0.5) is 4.39 Å². The molecule has 158 valence electrons. The molecule has 1 aromatic carbocycles. The summed E-state index contributed by atoms with van der Waals surface area (Å²) in [7, 11) is 3.91. The fourth-order valence-corrected chi connectivity index (χ4v) is 3.95. The van der Waals surface area contributed by atoms with Gasteiger partial charge in [-0.15, -0.1) is 0 Å². The second kappa shape index (κ2) is 8.83. The van der Waals surface area contributed by atoms with Gasteiger partial charge < -0.3 is 19.2 Å². The summed E-state index contributed by atoms with van der Waals surface area (Å²) in [5, 5.41) is 2.87. The molecule has 3 aromatic rings. The van der Waals surface area contributed by atoms with Gasteiger partial charge in [0.05, 0.1) is 12.0 Å². The molecule has 6 nitrogen and oxygen atoms in total. The summed E-state index contributed by atoms with van der Waals surface area (Å²) in [6.07, 6.45) is 6.39. The van der Waals surface area contributed by atoms with Crippen molar-refractivity contribution in [2.75, 3.05) is 27.2 Å². The van der Waals surface area contributed by atoms with Crippen LogP contribution in [0.2, 0.25) is 0 Å². The van der Waals surface area contributed by atoms with Crippen LogP contribution < -0.4 is 5.32 Å². The Morgan fingerprint density at radius 3 is 2.63 bits per heavy atom. The normalized spacial score (nSPS) is 14.5. The van der Waals surface area contributed by atoms with Crippen molar-refractivity contribution in [1.82, 2.24) is 19.8 Å². The number of amides is 1. The highest BCUT2D eigenvalue weighted by molar-refractivity contribution is 5.92. The van der Waals surface area contributed by atoms with Gasteiger partial charge in [0.1, 0.15) is 11.5 Å². The summed E-state index contributed by atoms with van der Waals surface area (Å²) in [5.41, 5.74) is 2.38. The summed E-state index contributed by atoms with van der Waals surface area (Å²) in [6, 6.07) is 10.2. The molecule has 0 atom stereocenters. The van der Waals surface area contributed by atoms with Gasteiger partial charge in [0.15, 0.2) is 11.5 Å². The van der Waals surface area contributed by atoms with Crippen molar-refractivity contribution in [3.8, 4) is 22.7 Å². The molecule has 30 heavy (non-hydrogen) atoms. The van der Waals surface area contributed by atoms with Crippen LogP contribution in [0.3, 0.4) is 0 Å². The van der Waals surface area contributed by atoms with Gasteiger partial charge in [-0.05, 0) is 63.3 Å². The molecule has 4 rings (SSSR count). The Morgan fingerprint density at radius 2 is 1.93 bits per heavy atom. The summed E-state index contributed by atoms with van der Waals surface area (Å²) in [5.74, 6) is 0.341. The number of furan rings is 1. The molecule has 1 aliphatic carbocycles. The average Bonchev–Trinajstić information content (AvgIpc) is 3.47. The van der Waals surface area contributed by atoms with Crippen molar-refractivity contribution in [1.29, 1.82) is 0 Å². The van der Waals surface area contributed by atoms with Crippen LogP contribution in [0.5, 0.6) is 0 Å². The summed E-state index contributed by atoms with van der Waals surface area (Å²) in [4.78, 5) is 19.1. The number of imidazole rings is 1. The van der Waals surface area contributed by atoms with Crippen molar-refractivity contribution in [2.45, 2.75) is 31.7 Å². The topological polar surface area (TPSA) is 63.3 Å². The highest BCUT2D eigenvalue weighted by Gasteiger charge is 2.25. The third kappa shape index (κ3) is 4.31. The van der Waals surface area contributed by atoms with E-state index in [1.54, 1.807) is 18.2 Å². The summed E-state index contributed by atoms with van der Waals surface area (Å²) >= 11 is 0. The SMILES string of the molecule is CN(C)CCNC(=O)c1ccc(-c2c(-c3ccc(F)cc3)ncn2C2CCCC2)o1. The maximum absolute atomic E-state index is 13.4. The molecular formula is C23H27FN4O2. The molecule has 1 N–H and O–H groups in total. The maximum atomic E-state index is 13.4. The lowest BCUT2D eigenvalue weighted by Crippen LogP contribution is -2.31. The predicted octanol–water partition coefficient (Wildman–Crippen LogP) is 4.36. The number of benzene rings is 1. The van der Waals surface area contributed by atoms with E-state index >= 15 is 0 Å². The third-order valence-corrected chi connectivity index (χ3v) is 5.54. The number of nitrogens with one attached hydrogen (secondary N) is 1. The Hall–Kier alpha value is -2.93. The number of carbonyl (C=O) groups is 1. The fraction of sp³-hybridized carbons (Fsp3) is 0.391. The molecule has 0 unspecified atom stereocenters. The lowest BCUT2D eigenvalue weighted by molar-refractivity contribution is 0.0924. The van der Waals surface area contributed by atoms with E-state index in [2.05, 4.69) is 14.9 Å². The number of hydrogen-bond donors (Lipinski definition) is 1. The molecule has 0 aliphatic heterocycles. The van der Waals surface area contributed by atoms with Crippen LogP contribution in [-0.4, -0.2) is 47.5 Å². The number of halogens is 1. The lowest BCUT2D eigenvalue weighted by Gasteiger charge is -2.15. The number of rotatable bonds is 7. The first kappa shape index (κ1) is 20.3. The second-order valence-electron chi connectivity index (χ2n) is 8.02. The van der Waals surface area contributed by atoms with Gasteiger partial charge >= 0.3 is 0 Å². The van der Waals surface area contributed by atoms with Crippen molar-refractivity contribution in [2.24, 2.45) is 0 Å². The molecule has 7 heteroatoms. The molecular weight excluding hydrogens is 383 g/mol. The number of likely N-dealkylation sites (N-methyl/N-ethyl adjacent to an activating group) is 1. The minimum Gasteiger partial charge on any atom is -0.449 e. The summed E-state index contributed by atoms with van der Waals surface area (Å²) < 4.78 is 21.6. The first-order chi connectivity index (χ1) is 14.5. The zero-order valence-corrected chi connectivity index (χ0v) is 17.4. The Morgan fingerprint density at radius 1 is 1.20 bits per heavy atom. The van der Waals surface area contributed by atoms with Crippen molar-refractivity contribution in [3.05, 3.63) is 54.3 Å². The van der Waals surface area contributed by atoms with Crippen LogP contribution in [0.25, 0.3) is 22.7 Å². The molecule has 0 radical (unpaired) electrons. The van der Waals surface area contributed by atoms with Gasteiger partial charge in [0.25, 0.3) is 5.91 Å². The maximum Gasteiger partial charge on any atom is 0.287 e. The largest absolute Gasteiger partial charge is 0.449 e. The van der Waals surface area contributed by atoms with Crippen molar-refractivity contribution < 1.29 is 13.6 Å². The molecule has 0 bridgehead atoms. The smallest absolute Gasteiger partial charge is 0.287 e. The number of nitrogens with zero attached hydrogens (tertiary/aromatic N) is 3. The van der Waals surface area contributed by atoms with E-state index in [1.807, 2.05) is 31.4 Å². The number of carbonyl (C=O) groups excluding carboxylic acids is 1. The quantitative estimate of drug-likeness (QED) is 0.629. The molecule has 0 spiro atoms. The Bertz CT molecular complexity index is 1000. The first-order valence-electron chi connectivity index (χ1n) is 10.4. The third-order valence-electron chi connectivity index (χ3n) is 5.54. The number of hydrogen-bond acceptors (Lipinski definition) is 4. The minimum atomic E-state index is -0.287. The number of aromatic nitrogens is 2. The van der Waals surface area contributed by atoms with E-state index in [4.69, 9.17) is 4.42 Å². The van der Waals surface area contributed by atoms with E-state index in [-0.39, 0.29) is 17.5 Å². The molecule has 1 amide bonds. The zero-order chi connectivity index (χ0) is 21.1. The molecule has 1 fully saturated rings. The van der Waals surface area contributed by atoms with E-state index in [9.17, 15) is 9.18 Å². The standard InChI is InChI=1S/C23H27FN4O2/c1-27(2)14-13-25-23(29)20-12-11-19(30-20)22-21(16-7-9-17(24)10-8-16)26-15-28(22)18-5-3-4-6-18/h7-12,15,18H,3-6,13-14H2,1-2H3,(H,25,29). The van der Waals surface area contributed by atoms with Crippen molar-refractivity contribution in [3.63, 3.8) is 0 Å². The van der Waals surface area contributed by atoms with Gasteiger partial charge in [-0.3, -0.25) is 4.79 Å². The monoisotopic (exact) mass is 410 g/mol. The average molecular weight is 410 g/mol. The minimum absolute atomic E-state index is 0.238. The Kier molecular flexibility index (Phi) is 5.99. The van der Waals surface area contributed by atoms with Crippen LogP contribution >= 0.6 is 0 Å². The summed E-state index contributed by atoms with van der Waals surface area (Å²) in [6.45, 7) is 1.30. The highest BCUT2D eigenvalue weighted by Crippen LogP contribution is 2.39. The van der Waals surface area contributed by atoms with Crippen LogP contribution in [0.1, 0.15) is 42.3 Å². The first-order valence-corrected chi connectivity index (χ1v) is 10.4. The highest BCUT2D eigenvalue weighted by atomic mass is 19.1. The van der Waals surface area contributed by atoms with Gasteiger partial charge in [0, 0.05) is 24.7 Å². The molecule has 1 saturated carbocycles. The lowest BCUT2D eigenvalue weighted by atomic mass is 10.1. The van der Waals surface area contributed by atoms with E-state index in [0.29, 0.717) is 18.3 Å². The molecule has 0 saturated heterocycles. The predicted molar refractivity (Wildman–Crippen MR) is 114 cm³/mol. The van der Waals surface area contributed by atoms with Gasteiger partial charge in [-0.25, -0.2) is 9.37 Å².